The Bertz CT molecular complexity index is 1350. The molecule has 0 aliphatic heterocycles. The van der Waals surface area contributed by atoms with Crippen LogP contribution in [0.4, 0.5) is 0 Å². The molecule has 0 saturated carbocycles. The molecule has 4 aromatic rings. The molecular weight excluding hydrogens is 456 g/mol. The Balaban J connectivity index is 1.51. The Labute approximate surface area is 194 Å². The van der Waals surface area contributed by atoms with Gasteiger partial charge in [0, 0.05) is 0 Å². The second kappa shape index (κ2) is 8.84. The summed E-state index contributed by atoms with van der Waals surface area (Å²) in [6.07, 6.45) is 0. The van der Waals surface area contributed by atoms with Crippen molar-refractivity contribution in [3.05, 3.63) is 108 Å². The van der Waals surface area contributed by atoms with Gasteiger partial charge in [-0.05, 0) is 86.6 Å². The molecule has 0 amide bonds. The van der Waals surface area contributed by atoms with E-state index in [1.54, 1.807) is 72.8 Å². The van der Waals surface area contributed by atoms with Crippen LogP contribution in [0.3, 0.4) is 0 Å². The molecule has 0 unspecified atom stereocenters. The minimum absolute atomic E-state index is 0.165. The Kier molecular flexibility index (Phi) is 6.10. The molecular formula is C26H22O5S2. The van der Waals surface area contributed by atoms with Crippen molar-refractivity contribution >= 4 is 19.7 Å². The first-order valence-corrected chi connectivity index (χ1v) is 13.1. The molecule has 0 fully saturated rings. The van der Waals surface area contributed by atoms with Crippen LogP contribution in [0.2, 0.25) is 0 Å². The fourth-order valence-electron chi connectivity index (χ4n) is 3.22. The van der Waals surface area contributed by atoms with E-state index in [9.17, 15) is 16.8 Å². The highest BCUT2D eigenvalue weighted by atomic mass is 32.2. The second-order valence-corrected chi connectivity index (χ2v) is 11.6. The van der Waals surface area contributed by atoms with Crippen LogP contribution in [0.25, 0.3) is 0 Å². The zero-order valence-corrected chi connectivity index (χ0v) is 19.7. The van der Waals surface area contributed by atoms with Gasteiger partial charge in [0.15, 0.2) is 0 Å². The Morgan fingerprint density at radius 3 is 0.939 bits per heavy atom. The van der Waals surface area contributed by atoms with Crippen LogP contribution >= 0.6 is 0 Å². The molecule has 0 aliphatic carbocycles. The minimum atomic E-state index is -3.62. The number of ether oxygens (including phenoxy) is 1. The molecule has 168 valence electrons. The highest BCUT2D eigenvalue weighted by molar-refractivity contribution is 7.91. The van der Waals surface area contributed by atoms with Crippen molar-refractivity contribution in [2.45, 2.75) is 33.4 Å². The van der Waals surface area contributed by atoms with Crippen molar-refractivity contribution in [2.75, 3.05) is 0 Å². The van der Waals surface area contributed by atoms with E-state index in [-0.39, 0.29) is 19.6 Å². The van der Waals surface area contributed by atoms with Crippen LogP contribution in [-0.4, -0.2) is 16.8 Å². The van der Waals surface area contributed by atoms with Crippen molar-refractivity contribution < 1.29 is 21.6 Å². The summed E-state index contributed by atoms with van der Waals surface area (Å²) >= 11 is 0. The van der Waals surface area contributed by atoms with Gasteiger partial charge in [0.25, 0.3) is 0 Å². The predicted molar refractivity (Wildman–Crippen MR) is 126 cm³/mol. The summed E-state index contributed by atoms with van der Waals surface area (Å²) in [5.74, 6) is 0.874. The highest BCUT2D eigenvalue weighted by Gasteiger charge is 2.19. The minimum Gasteiger partial charge on any atom is -0.457 e. The van der Waals surface area contributed by atoms with E-state index >= 15 is 0 Å². The normalized spacial score (nSPS) is 11.8. The molecule has 7 heteroatoms. The average Bonchev–Trinajstić information content (AvgIpc) is 2.80. The van der Waals surface area contributed by atoms with Crippen molar-refractivity contribution in [2.24, 2.45) is 0 Å². The third-order valence-corrected chi connectivity index (χ3v) is 8.74. The number of hydrogen-bond donors (Lipinski definition) is 0. The van der Waals surface area contributed by atoms with Gasteiger partial charge in [-0.15, -0.1) is 0 Å². The van der Waals surface area contributed by atoms with Gasteiger partial charge < -0.3 is 4.74 Å². The average molecular weight is 479 g/mol. The fourth-order valence-corrected chi connectivity index (χ4v) is 5.74. The zero-order chi connectivity index (χ0) is 23.6. The summed E-state index contributed by atoms with van der Waals surface area (Å²) in [4.78, 5) is 0.788. The molecule has 0 bridgehead atoms. The van der Waals surface area contributed by atoms with E-state index in [1.807, 2.05) is 13.8 Å². The van der Waals surface area contributed by atoms with Gasteiger partial charge in [0.05, 0.1) is 19.6 Å². The molecule has 0 atom stereocenters. The molecule has 0 aliphatic rings. The Hall–Kier alpha value is -3.42. The Morgan fingerprint density at radius 2 is 0.667 bits per heavy atom. The van der Waals surface area contributed by atoms with Crippen LogP contribution in [0, 0.1) is 13.8 Å². The van der Waals surface area contributed by atoms with Crippen LogP contribution in [0.1, 0.15) is 11.1 Å². The summed E-state index contributed by atoms with van der Waals surface area (Å²) in [6.45, 7) is 3.79. The molecule has 4 rings (SSSR count). The van der Waals surface area contributed by atoms with Crippen LogP contribution in [-0.2, 0) is 19.7 Å². The molecule has 0 spiro atoms. The monoisotopic (exact) mass is 478 g/mol. The van der Waals surface area contributed by atoms with Crippen molar-refractivity contribution in [1.82, 2.24) is 0 Å². The lowest BCUT2D eigenvalue weighted by atomic mass is 10.2. The van der Waals surface area contributed by atoms with Gasteiger partial charge in [-0.2, -0.15) is 0 Å². The molecule has 5 nitrogen and oxygen atoms in total. The first-order valence-electron chi connectivity index (χ1n) is 10.2. The smallest absolute Gasteiger partial charge is 0.206 e. The number of aryl methyl sites for hydroxylation is 2. The maximum absolute atomic E-state index is 12.8. The van der Waals surface area contributed by atoms with Gasteiger partial charge in [-0.3, -0.25) is 0 Å². The van der Waals surface area contributed by atoms with Crippen molar-refractivity contribution in [1.29, 1.82) is 0 Å². The van der Waals surface area contributed by atoms with Gasteiger partial charge >= 0.3 is 0 Å². The molecule has 0 radical (unpaired) electrons. The fraction of sp³-hybridized carbons (Fsp3) is 0.0769. The first-order chi connectivity index (χ1) is 15.7. The summed E-state index contributed by atoms with van der Waals surface area (Å²) < 4.78 is 56.9. The predicted octanol–water partition coefficient (Wildman–Crippen LogP) is 5.76. The molecule has 4 aromatic carbocycles. The Morgan fingerprint density at radius 1 is 0.424 bits per heavy atom. The first kappa shape index (κ1) is 22.8. The maximum atomic E-state index is 12.8. The van der Waals surface area contributed by atoms with Crippen LogP contribution in [0.5, 0.6) is 11.5 Å². The van der Waals surface area contributed by atoms with Gasteiger partial charge in [0.1, 0.15) is 11.5 Å². The standard InChI is InChI=1S/C26H22O5S2/c1-19-3-11-23(12-4-19)32(27,28)25-15-7-21(8-16-25)31-22-9-17-26(18-10-22)33(29,30)24-13-5-20(2)6-14-24/h3-18H,1-2H3. The lowest BCUT2D eigenvalue weighted by molar-refractivity contribution is 0.481. The maximum Gasteiger partial charge on any atom is 0.206 e. The van der Waals surface area contributed by atoms with Gasteiger partial charge in [-0.1, -0.05) is 35.4 Å². The van der Waals surface area contributed by atoms with Gasteiger partial charge in [0.2, 0.25) is 19.7 Å². The largest absolute Gasteiger partial charge is 0.457 e. The number of rotatable bonds is 6. The zero-order valence-electron chi connectivity index (χ0n) is 18.1. The summed E-state index contributed by atoms with van der Waals surface area (Å²) in [5.41, 5.74) is 1.96. The number of sulfone groups is 2. The summed E-state index contributed by atoms with van der Waals surface area (Å²) in [7, 11) is -7.24. The second-order valence-electron chi connectivity index (χ2n) is 7.68. The van der Waals surface area contributed by atoms with Crippen molar-refractivity contribution in [3.8, 4) is 11.5 Å². The summed E-state index contributed by atoms with van der Waals surface area (Å²) in [5, 5.41) is 0. The van der Waals surface area contributed by atoms with E-state index < -0.39 is 19.7 Å². The van der Waals surface area contributed by atoms with E-state index in [1.165, 1.54) is 24.3 Å². The van der Waals surface area contributed by atoms with Crippen molar-refractivity contribution in [3.63, 3.8) is 0 Å². The lowest BCUT2D eigenvalue weighted by Crippen LogP contribution is -2.02. The lowest BCUT2D eigenvalue weighted by Gasteiger charge is -2.09. The molecule has 0 heterocycles. The topological polar surface area (TPSA) is 77.5 Å². The SMILES string of the molecule is Cc1ccc(S(=O)(=O)c2ccc(Oc3ccc(S(=O)(=O)c4ccc(C)cc4)cc3)cc2)cc1. The van der Waals surface area contributed by atoms with E-state index in [0.717, 1.165) is 11.1 Å². The van der Waals surface area contributed by atoms with E-state index in [2.05, 4.69) is 0 Å². The summed E-state index contributed by atoms with van der Waals surface area (Å²) in [6, 6.07) is 25.6. The number of hydrogen-bond acceptors (Lipinski definition) is 5. The molecule has 0 N–H and O–H groups in total. The molecule has 33 heavy (non-hydrogen) atoms. The highest BCUT2D eigenvalue weighted by Crippen LogP contribution is 2.28. The van der Waals surface area contributed by atoms with E-state index in [4.69, 9.17) is 4.74 Å². The third-order valence-electron chi connectivity index (χ3n) is 5.17. The van der Waals surface area contributed by atoms with E-state index in [0.29, 0.717) is 11.5 Å². The van der Waals surface area contributed by atoms with Crippen LogP contribution < -0.4 is 4.74 Å². The quantitative estimate of drug-likeness (QED) is 0.352. The van der Waals surface area contributed by atoms with Crippen LogP contribution in [0.15, 0.2) is 117 Å². The molecule has 0 saturated heterocycles. The number of benzene rings is 4. The third kappa shape index (κ3) is 4.84. The molecule has 0 aromatic heterocycles. The van der Waals surface area contributed by atoms with Gasteiger partial charge in [-0.25, -0.2) is 16.8 Å².